The molecule has 9 aromatic carbocycles. The number of fused-ring (bicyclic) bond motifs is 9. The monoisotopic (exact) mass is 743 g/mol. The number of hydrogen-bond acceptors (Lipinski definition) is 4. The smallest absolute Gasteiger partial charge is 0.143 e. The molecule has 0 aliphatic carbocycles. The molecule has 0 N–H and O–H groups in total. The van der Waals surface area contributed by atoms with Crippen LogP contribution in [-0.4, -0.2) is 0 Å². The predicted octanol–water partition coefficient (Wildman–Crippen LogP) is 15.9. The Morgan fingerprint density at radius 1 is 0.259 bits per heavy atom. The van der Waals surface area contributed by atoms with Crippen LogP contribution in [0.5, 0.6) is 0 Å². The van der Waals surface area contributed by atoms with Gasteiger partial charge < -0.3 is 18.2 Å². The Kier molecular flexibility index (Phi) is 7.20. The fourth-order valence-electron chi connectivity index (χ4n) is 8.63. The van der Waals surface area contributed by atoms with Gasteiger partial charge in [-0.05, 0) is 107 Å². The first-order valence-corrected chi connectivity index (χ1v) is 19.6. The summed E-state index contributed by atoms with van der Waals surface area (Å²) >= 11 is 0. The van der Waals surface area contributed by atoms with Crippen molar-refractivity contribution in [1.29, 1.82) is 0 Å². The molecule has 0 spiro atoms. The van der Waals surface area contributed by atoms with Gasteiger partial charge in [-0.2, -0.15) is 0 Å². The third-order valence-electron chi connectivity index (χ3n) is 11.5. The maximum Gasteiger partial charge on any atom is 0.143 e. The number of furan rings is 3. The average Bonchev–Trinajstić information content (AvgIpc) is 3.98. The first kappa shape index (κ1) is 32.4. The zero-order valence-corrected chi connectivity index (χ0v) is 31.2. The van der Waals surface area contributed by atoms with Gasteiger partial charge in [-0.15, -0.1) is 0 Å². The number of anilines is 3. The minimum atomic E-state index is 0.870. The Morgan fingerprint density at radius 3 is 1.50 bits per heavy atom. The molecule has 3 aromatic heterocycles. The van der Waals surface area contributed by atoms with E-state index in [4.69, 9.17) is 13.3 Å². The zero-order valence-electron chi connectivity index (χ0n) is 31.2. The maximum atomic E-state index is 6.48. The third kappa shape index (κ3) is 5.23. The van der Waals surface area contributed by atoms with E-state index in [1.54, 1.807) is 0 Å². The summed E-state index contributed by atoms with van der Waals surface area (Å²) < 4.78 is 18.9. The van der Waals surface area contributed by atoms with Crippen LogP contribution < -0.4 is 4.90 Å². The lowest BCUT2D eigenvalue weighted by molar-refractivity contribution is 0.668. The van der Waals surface area contributed by atoms with Crippen LogP contribution in [0.3, 0.4) is 0 Å². The minimum absolute atomic E-state index is 0.870. The van der Waals surface area contributed by atoms with Gasteiger partial charge in [0.05, 0.1) is 0 Å². The number of rotatable bonds is 6. The largest absolute Gasteiger partial charge is 0.456 e. The van der Waals surface area contributed by atoms with E-state index >= 15 is 0 Å². The highest BCUT2D eigenvalue weighted by Crippen LogP contribution is 2.42. The molecule has 0 aliphatic rings. The minimum Gasteiger partial charge on any atom is -0.456 e. The van der Waals surface area contributed by atoms with E-state index in [0.717, 1.165) is 116 Å². The summed E-state index contributed by atoms with van der Waals surface area (Å²) in [6, 6.07) is 70.3. The maximum absolute atomic E-state index is 6.48. The van der Waals surface area contributed by atoms with E-state index in [-0.39, 0.29) is 0 Å². The summed E-state index contributed by atoms with van der Waals surface area (Å²) in [4.78, 5) is 2.31. The van der Waals surface area contributed by atoms with Crippen molar-refractivity contribution in [2.75, 3.05) is 4.90 Å². The lowest BCUT2D eigenvalue weighted by atomic mass is 10.00. The molecule has 58 heavy (non-hydrogen) atoms. The van der Waals surface area contributed by atoms with Gasteiger partial charge in [-0.3, -0.25) is 0 Å². The zero-order chi connectivity index (χ0) is 38.2. The summed E-state index contributed by atoms with van der Waals surface area (Å²) in [5, 5.41) is 6.67. The van der Waals surface area contributed by atoms with Crippen LogP contribution in [0, 0.1) is 0 Å². The summed E-state index contributed by atoms with van der Waals surface area (Å²) in [5.74, 6) is 0. The Bertz CT molecular complexity index is 3500. The van der Waals surface area contributed by atoms with Crippen LogP contribution in [0.15, 0.2) is 213 Å². The predicted molar refractivity (Wildman–Crippen MR) is 239 cm³/mol. The van der Waals surface area contributed by atoms with Gasteiger partial charge in [0.15, 0.2) is 0 Å². The molecule has 0 saturated heterocycles. The van der Waals surface area contributed by atoms with Gasteiger partial charge in [0.2, 0.25) is 0 Å². The molecule has 0 atom stereocenters. The fraction of sp³-hybridized carbons (Fsp3) is 0. The molecule has 0 saturated carbocycles. The van der Waals surface area contributed by atoms with Crippen molar-refractivity contribution < 1.29 is 13.3 Å². The van der Waals surface area contributed by atoms with Crippen molar-refractivity contribution in [1.82, 2.24) is 0 Å². The van der Waals surface area contributed by atoms with Crippen LogP contribution in [0.2, 0.25) is 0 Å². The van der Waals surface area contributed by atoms with Crippen molar-refractivity contribution in [3.05, 3.63) is 200 Å². The fourth-order valence-corrected chi connectivity index (χ4v) is 8.63. The molecule has 0 amide bonds. The van der Waals surface area contributed by atoms with Crippen LogP contribution in [-0.2, 0) is 0 Å². The van der Waals surface area contributed by atoms with Gasteiger partial charge in [-0.25, -0.2) is 0 Å². The lowest BCUT2D eigenvalue weighted by Gasteiger charge is -2.26. The second-order valence-electron chi connectivity index (χ2n) is 14.9. The van der Waals surface area contributed by atoms with E-state index < -0.39 is 0 Å². The molecule has 4 heteroatoms. The van der Waals surface area contributed by atoms with Gasteiger partial charge in [0.25, 0.3) is 0 Å². The van der Waals surface area contributed by atoms with Crippen molar-refractivity contribution in [3.63, 3.8) is 0 Å². The Labute approximate surface area is 333 Å². The van der Waals surface area contributed by atoms with Gasteiger partial charge in [0, 0.05) is 54.9 Å². The molecule has 272 valence electrons. The van der Waals surface area contributed by atoms with Gasteiger partial charge in [0.1, 0.15) is 33.5 Å². The van der Waals surface area contributed by atoms with E-state index in [2.05, 4.69) is 175 Å². The normalized spacial score (nSPS) is 11.8. The first-order valence-electron chi connectivity index (χ1n) is 19.6. The van der Waals surface area contributed by atoms with Crippen molar-refractivity contribution in [2.24, 2.45) is 0 Å². The van der Waals surface area contributed by atoms with Crippen LogP contribution in [0.4, 0.5) is 17.1 Å². The quantitative estimate of drug-likeness (QED) is 0.170. The average molecular weight is 744 g/mol. The standard InChI is InChI=1S/C54H33NO3/c1-2-9-36(10-3-1)42-13-8-14-46-47-31-37(22-29-52(47)58-54(42)46)34-17-23-39(24-18-34)55(41-27-30-51-48(33-41)44-12-5-7-16-50(44)56-51)40-25-19-35(20-26-40)38-21-28-45-43-11-4-6-15-49(43)57-53(45)32-38/h1-33H. The number of hydrogen-bond donors (Lipinski definition) is 0. The number of benzene rings is 9. The molecule has 0 aliphatic heterocycles. The summed E-state index contributed by atoms with van der Waals surface area (Å²) in [5.41, 5.74) is 15.2. The third-order valence-corrected chi connectivity index (χ3v) is 11.5. The molecule has 12 rings (SSSR count). The highest BCUT2D eigenvalue weighted by molar-refractivity contribution is 6.11. The van der Waals surface area contributed by atoms with Crippen molar-refractivity contribution in [2.45, 2.75) is 0 Å². The highest BCUT2D eigenvalue weighted by Gasteiger charge is 2.18. The first-order chi connectivity index (χ1) is 28.7. The summed E-state index contributed by atoms with van der Waals surface area (Å²) in [6.07, 6.45) is 0. The molecule has 3 heterocycles. The Hall–Kier alpha value is -7.82. The number of para-hydroxylation sites is 3. The highest BCUT2D eigenvalue weighted by atomic mass is 16.3. The lowest BCUT2D eigenvalue weighted by Crippen LogP contribution is -2.09. The van der Waals surface area contributed by atoms with Gasteiger partial charge in [-0.1, -0.05) is 121 Å². The van der Waals surface area contributed by atoms with Crippen molar-refractivity contribution >= 4 is 82.9 Å². The second kappa shape index (κ2) is 12.9. The molecule has 0 unspecified atom stereocenters. The van der Waals surface area contributed by atoms with Gasteiger partial charge >= 0.3 is 0 Å². The molecule has 4 nitrogen and oxygen atoms in total. The number of nitrogens with zero attached hydrogens (tertiary/aromatic N) is 1. The summed E-state index contributed by atoms with van der Waals surface area (Å²) in [6.45, 7) is 0. The summed E-state index contributed by atoms with van der Waals surface area (Å²) in [7, 11) is 0. The SMILES string of the molecule is c1ccc(-c2cccc3c2oc2ccc(-c4ccc(N(c5ccc(-c6ccc7c(c6)oc6ccccc67)cc5)c5ccc6oc7ccccc7c6c5)cc4)cc23)cc1. The molecular formula is C54H33NO3. The van der Waals surface area contributed by atoms with E-state index in [1.165, 1.54) is 0 Å². The molecule has 0 radical (unpaired) electrons. The van der Waals surface area contributed by atoms with Crippen molar-refractivity contribution in [3.8, 4) is 33.4 Å². The van der Waals surface area contributed by atoms with E-state index in [9.17, 15) is 0 Å². The van der Waals surface area contributed by atoms with Crippen LogP contribution in [0.25, 0.3) is 99.2 Å². The Balaban J connectivity index is 0.936. The second-order valence-corrected chi connectivity index (χ2v) is 14.9. The molecular weight excluding hydrogens is 711 g/mol. The van der Waals surface area contributed by atoms with E-state index in [1.807, 2.05) is 30.3 Å². The Morgan fingerprint density at radius 2 is 0.759 bits per heavy atom. The van der Waals surface area contributed by atoms with E-state index in [0.29, 0.717) is 0 Å². The van der Waals surface area contributed by atoms with Crippen LogP contribution >= 0.6 is 0 Å². The van der Waals surface area contributed by atoms with Crippen LogP contribution in [0.1, 0.15) is 0 Å². The topological polar surface area (TPSA) is 42.7 Å². The molecule has 0 bridgehead atoms. The molecule has 0 fully saturated rings. The molecule has 12 aromatic rings.